The summed E-state index contributed by atoms with van der Waals surface area (Å²) in [5.74, 6) is -0.457. The monoisotopic (exact) mass is 348 g/mol. The van der Waals surface area contributed by atoms with Gasteiger partial charge < -0.3 is 0 Å². The molecular weight excluding hydrogens is 328 g/mol. The first-order chi connectivity index (χ1) is 11.0. The van der Waals surface area contributed by atoms with Crippen molar-refractivity contribution in [3.05, 3.63) is 40.3 Å². The summed E-state index contributed by atoms with van der Waals surface area (Å²) in [4.78, 5) is 24.7. The predicted octanol–water partition coefficient (Wildman–Crippen LogP) is 3.67. The standard InChI is InChI=1S/C17H20N2O2S2/c1-3-5-6-15(20)18-19-16(21)14(23-17(19)22)11-13-9-7-12(4-2)8-10-13/h7-11H,3-6H2,1-2H3,(H,18,20)/b14-11+. The molecule has 1 N–H and O–H groups in total. The fraction of sp³-hybridized carbons (Fsp3) is 0.353. The van der Waals surface area contributed by atoms with Crippen LogP contribution in [0.3, 0.4) is 0 Å². The van der Waals surface area contributed by atoms with Crippen LogP contribution in [0.1, 0.15) is 44.2 Å². The van der Waals surface area contributed by atoms with Gasteiger partial charge in [0.25, 0.3) is 5.91 Å². The third kappa shape index (κ3) is 4.65. The van der Waals surface area contributed by atoms with Crippen molar-refractivity contribution in [2.45, 2.75) is 39.5 Å². The van der Waals surface area contributed by atoms with Crippen molar-refractivity contribution in [2.24, 2.45) is 0 Å². The van der Waals surface area contributed by atoms with Gasteiger partial charge in [-0.3, -0.25) is 15.0 Å². The molecule has 0 unspecified atom stereocenters. The zero-order chi connectivity index (χ0) is 16.8. The molecule has 1 heterocycles. The summed E-state index contributed by atoms with van der Waals surface area (Å²) in [5, 5.41) is 1.17. The van der Waals surface area contributed by atoms with Crippen LogP contribution in [0.25, 0.3) is 6.08 Å². The number of thioether (sulfide) groups is 1. The van der Waals surface area contributed by atoms with Crippen molar-refractivity contribution in [1.82, 2.24) is 10.4 Å². The van der Waals surface area contributed by atoms with Crippen molar-refractivity contribution < 1.29 is 9.59 Å². The third-order valence-corrected chi connectivity index (χ3v) is 4.78. The summed E-state index contributed by atoms with van der Waals surface area (Å²) >= 11 is 6.40. The van der Waals surface area contributed by atoms with E-state index in [-0.39, 0.29) is 11.8 Å². The highest BCUT2D eigenvalue weighted by Gasteiger charge is 2.33. The van der Waals surface area contributed by atoms with Gasteiger partial charge in [-0.15, -0.1) is 0 Å². The molecule has 0 saturated carbocycles. The molecule has 6 heteroatoms. The largest absolute Gasteiger partial charge is 0.285 e. The average Bonchev–Trinajstić information content (AvgIpc) is 2.81. The molecule has 23 heavy (non-hydrogen) atoms. The van der Waals surface area contributed by atoms with Crippen LogP contribution in [0.5, 0.6) is 0 Å². The van der Waals surface area contributed by atoms with Crippen LogP contribution in [0.4, 0.5) is 0 Å². The second-order valence-corrected chi connectivity index (χ2v) is 6.93. The summed E-state index contributed by atoms with van der Waals surface area (Å²) in [6, 6.07) is 8.04. The molecule has 1 aromatic rings. The number of aryl methyl sites for hydroxylation is 1. The van der Waals surface area contributed by atoms with E-state index in [4.69, 9.17) is 12.2 Å². The Balaban J connectivity index is 2.07. The summed E-state index contributed by atoms with van der Waals surface area (Å²) < 4.78 is 0.358. The molecule has 1 saturated heterocycles. The number of unbranched alkanes of at least 4 members (excludes halogenated alkanes) is 1. The van der Waals surface area contributed by atoms with E-state index in [2.05, 4.69) is 12.3 Å². The predicted molar refractivity (Wildman–Crippen MR) is 98.5 cm³/mol. The number of thiocarbonyl (C=S) groups is 1. The normalized spacial score (nSPS) is 16.3. The zero-order valence-corrected chi connectivity index (χ0v) is 14.9. The molecule has 1 aliphatic heterocycles. The molecule has 0 aliphatic carbocycles. The van der Waals surface area contributed by atoms with E-state index >= 15 is 0 Å². The number of rotatable bonds is 6. The van der Waals surface area contributed by atoms with Gasteiger partial charge in [0, 0.05) is 6.42 Å². The van der Waals surface area contributed by atoms with Gasteiger partial charge in [-0.05, 0) is 42.3 Å². The lowest BCUT2D eigenvalue weighted by atomic mass is 10.1. The lowest BCUT2D eigenvalue weighted by Gasteiger charge is -2.15. The first-order valence-corrected chi connectivity index (χ1v) is 8.94. The Hall–Kier alpha value is -1.66. The number of amides is 2. The number of carbonyl (C=O) groups is 2. The fourth-order valence-corrected chi connectivity index (χ4v) is 3.26. The van der Waals surface area contributed by atoms with Crippen molar-refractivity contribution in [3.8, 4) is 0 Å². The van der Waals surface area contributed by atoms with E-state index in [1.807, 2.05) is 31.2 Å². The fourth-order valence-electron chi connectivity index (χ4n) is 2.08. The first-order valence-electron chi connectivity index (χ1n) is 7.71. The summed E-state index contributed by atoms with van der Waals surface area (Å²) in [7, 11) is 0. The Morgan fingerprint density at radius 3 is 2.61 bits per heavy atom. The quantitative estimate of drug-likeness (QED) is 0.629. The van der Waals surface area contributed by atoms with Gasteiger partial charge in [0.1, 0.15) is 0 Å². The van der Waals surface area contributed by atoms with Crippen LogP contribution in [-0.4, -0.2) is 21.1 Å². The molecule has 1 fully saturated rings. The number of hydrazine groups is 1. The minimum Gasteiger partial charge on any atom is -0.273 e. The lowest BCUT2D eigenvalue weighted by Crippen LogP contribution is -2.44. The lowest BCUT2D eigenvalue weighted by molar-refractivity contribution is -0.133. The Labute approximate surface area is 146 Å². The van der Waals surface area contributed by atoms with Gasteiger partial charge in [-0.1, -0.05) is 56.3 Å². The van der Waals surface area contributed by atoms with E-state index in [1.165, 1.54) is 22.3 Å². The summed E-state index contributed by atoms with van der Waals surface area (Å²) in [5.41, 5.74) is 4.78. The Morgan fingerprint density at radius 2 is 2.00 bits per heavy atom. The van der Waals surface area contributed by atoms with Crippen LogP contribution in [0.15, 0.2) is 29.2 Å². The van der Waals surface area contributed by atoms with Gasteiger partial charge in [0.05, 0.1) is 4.91 Å². The van der Waals surface area contributed by atoms with E-state index in [0.717, 1.165) is 24.8 Å². The smallest absolute Gasteiger partial charge is 0.273 e. The van der Waals surface area contributed by atoms with E-state index in [0.29, 0.717) is 15.6 Å². The number of carbonyl (C=O) groups excluding carboxylic acids is 2. The number of nitrogens with zero attached hydrogens (tertiary/aromatic N) is 1. The maximum absolute atomic E-state index is 12.4. The summed E-state index contributed by atoms with van der Waals surface area (Å²) in [6.45, 7) is 4.11. The maximum atomic E-state index is 12.4. The Morgan fingerprint density at radius 1 is 1.30 bits per heavy atom. The summed E-state index contributed by atoms with van der Waals surface area (Å²) in [6.07, 6.45) is 4.90. The van der Waals surface area contributed by atoms with Crippen LogP contribution >= 0.6 is 24.0 Å². The van der Waals surface area contributed by atoms with Crippen LogP contribution in [0, 0.1) is 0 Å². The highest BCUT2D eigenvalue weighted by molar-refractivity contribution is 8.26. The van der Waals surface area contributed by atoms with Crippen molar-refractivity contribution in [3.63, 3.8) is 0 Å². The second-order valence-electron chi connectivity index (χ2n) is 5.25. The van der Waals surface area contributed by atoms with Crippen molar-refractivity contribution >= 4 is 46.2 Å². The number of nitrogens with one attached hydrogen (secondary N) is 1. The molecule has 2 amide bonds. The molecule has 0 bridgehead atoms. The third-order valence-electron chi connectivity index (χ3n) is 3.47. The average molecular weight is 348 g/mol. The highest BCUT2D eigenvalue weighted by atomic mass is 32.2. The van der Waals surface area contributed by atoms with Gasteiger partial charge >= 0.3 is 0 Å². The van der Waals surface area contributed by atoms with Crippen molar-refractivity contribution in [1.29, 1.82) is 0 Å². The first kappa shape index (κ1) is 17.7. The second kappa shape index (κ2) is 8.26. The SMILES string of the molecule is CCCCC(=O)NN1C(=O)/C(=C\c2ccc(CC)cc2)SC1=S. The van der Waals surface area contributed by atoms with E-state index in [1.54, 1.807) is 6.08 Å². The molecule has 0 spiro atoms. The molecule has 0 radical (unpaired) electrons. The van der Waals surface area contributed by atoms with Crippen LogP contribution in [-0.2, 0) is 16.0 Å². The minimum atomic E-state index is -0.274. The Kier molecular flexibility index (Phi) is 6.36. The molecule has 2 rings (SSSR count). The van der Waals surface area contributed by atoms with Crippen molar-refractivity contribution in [2.75, 3.05) is 0 Å². The van der Waals surface area contributed by atoms with Gasteiger partial charge in [-0.2, -0.15) is 5.01 Å². The van der Waals surface area contributed by atoms with Gasteiger partial charge in [0.2, 0.25) is 5.91 Å². The van der Waals surface area contributed by atoms with E-state index in [9.17, 15) is 9.59 Å². The number of benzene rings is 1. The minimum absolute atomic E-state index is 0.184. The topological polar surface area (TPSA) is 49.4 Å². The molecular formula is C17H20N2O2S2. The number of hydrogen-bond donors (Lipinski definition) is 1. The maximum Gasteiger partial charge on any atom is 0.285 e. The van der Waals surface area contributed by atoms with Crippen LogP contribution in [0.2, 0.25) is 0 Å². The molecule has 1 aromatic carbocycles. The van der Waals surface area contributed by atoms with Gasteiger partial charge in [0.15, 0.2) is 4.32 Å². The van der Waals surface area contributed by atoms with Crippen LogP contribution < -0.4 is 5.43 Å². The number of hydrogen-bond acceptors (Lipinski definition) is 4. The molecule has 1 aliphatic rings. The Bertz CT molecular complexity index is 638. The van der Waals surface area contributed by atoms with Gasteiger partial charge in [-0.25, -0.2) is 0 Å². The zero-order valence-electron chi connectivity index (χ0n) is 13.3. The molecule has 122 valence electrons. The highest BCUT2D eigenvalue weighted by Crippen LogP contribution is 2.31. The molecule has 4 nitrogen and oxygen atoms in total. The van der Waals surface area contributed by atoms with E-state index < -0.39 is 0 Å². The molecule has 0 atom stereocenters. The molecule has 0 aromatic heterocycles.